The average Bonchev–Trinajstić information content (AvgIpc) is 2.80. The second kappa shape index (κ2) is 5.96. The van der Waals surface area contributed by atoms with E-state index in [2.05, 4.69) is 25.6 Å². The van der Waals surface area contributed by atoms with Gasteiger partial charge in [-0.25, -0.2) is 13.4 Å². The van der Waals surface area contributed by atoms with Crippen molar-refractivity contribution in [2.75, 3.05) is 5.73 Å². The zero-order valence-corrected chi connectivity index (χ0v) is 14.4. The van der Waals surface area contributed by atoms with E-state index < -0.39 is 16.1 Å². The lowest BCUT2D eigenvalue weighted by molar-refractivity contribution is 0.427. The second-order valence-corrected chi connectivity index (χ2v) is 7.37. The van der Waals surface area contributed by atoms with Crippen molar-refractivity contribution in [2.24, 2.45) is 0 Å². The summed E-state index contributed by atoms with van der Waals surface area (Å²) in [5.74, 6) is 0.881. The standard InChI is InChI=1S/C12H13BrClN3O3S/c1-6-5-16-12(20-6)7(2)17-21(18,19)10-4-8(14)3-9(15)11(10)13/h3-5,7,17H,15H2,1-2H3. The molecule has 0 radical (unpaired) electrons. The fourth-order valence-corrected chi connectivity index (χ4v) is 4.19. The number of aryl methyl sites for hydroxylation is 1. The van der Waals surface area contributed by atoms with Gasteiger partial charge in [0.2, 0.25) is 15.9 Å². The van der Waals surface area contributed by atoms with E-state index in [1.165, 1.54) is 18.3 Å². The van der Waals surface area contributed by atoms with Crippen LogP contribution in [0.25, 0.3) is 0 Å². The number of sulfonamides is 1. The Morgan fingerprint density at radius 3 is 2.71 bits per heavy atom. The molecule has 0 fully saturated rings. The highest BCUT2D eigenvalue weighted by Gasteiger charge is 2.24. The van der Waals surface area contributed by atoms with Crippen LogP contribution in [-0.4, -0.2) is 13.4 Å². The molecule has 0 saturated carbocycles. The summed E-state index contributed by atoms with van der Waals surface area (Å²) in [7, 11) is -3.84. The molecule has 1 aromatic carbocycles. The van der Waals surface area contributed by atoms with Crippen molar-refractivity contribution < 1.29 is 12.8 Å². The molecule has 0 bridgehead atoms. The molecule has 3 N–H and O–H groups in total. The maximum Gasteiger partial charge on any atom is 0.242 e. The number of aromatic nitrogens is 1. The Labute approximate surface area is 135 Å². The van der Waals surface area contributed by atoms with Crippen LogP contribution in [0.5, 0.6) is 0 Å². The highest BCUT2D eigenvalue weighted by atomic mass is 79.9. The Balaban J connectivity index is 2.35. The molecular formula is C12H13BrClN3O3S. The van der Waals surface area contributed by atoms with Crippen molar-refractivity contribution in [2.45, 2.75) is 24.8 Å². The number of benzene rings is 1. The summed E-state index contributed by atoms with van der Waals surface area (Å²) in [6.45, 7) is 3.36. The molecule has 114 valence electrons. The minimum Gasteiger partial charge on any atom is -0.444 e. The van der Waals surface area contributed by atoms with Crippen LogP contribution in [0.3, 0.4) is 0 Å². The maximum atomic E-state index is 12.4. The van der Waals surface area contributed by atoms with Gasteiger partial charge in [-0.05, 0) is 41.9 Å². The number of hydrogen-bond acceptors (Lipinski definition) is 5. The minimum atomic E-state index is -3.84. The molecule has 0 aliphatic rings. The summed E-state index contributed by atoms with van der Waals surface area (Å²) in [5.41, 5.74) is 5.95. The molecule has 0 spiro atoms. The molecule has 1 heterocycles. The van der Waals surface area contributed by atoms with Crippen molar-refractivity contribution in [1.82, 2.24) is 9.71 Å². The van der Waals surface area contributed by atoms with E-state index in [0.29, 0.717) is 5.76 Å². The number of oxazole rings is 1. The number of rotatable bonds is 4. The topological polar surface area (TPSA) is 98.2 Å². The highest BCUT2D eigenvalue weighted by Crippen LogP contribution is 2.32. The Morgan fingerprint density at radius 2 is 2.14 bits per heavy atom. The Bertz CT molecular complexity index is 776. The molecule has 0 saturated heterocycles. The van der Waals surface area contributed by atoms with Gasteiger partial charge in [-0.1, -0.05) is 11.6 Å². The number of nitrogen functional groups attached to an aromatic ring is 1. The summed E-state index contributed by atoms with van der Waals surface area (Å²) in [6.07, 6.45) is 1.52. The zero-order chi connectivity index (χ0) is 15.8. The van der Waals surface area contributed by atoms with Crippen LogP contribution in [0.2, 0.25) is 5.02 Å². The third-order valence-corrected chi connectivity index (χ3v) is 5.59. The maximum absolute atomic E-state index is 12.4. The SMILES string of the molecule is Cc1cnc(C(C)NS(=O)(=O)c2cc(Cl)cc(N)c2Br)o1. The smallest absolute Gasteiger partial charge is 0.242 e. The van der Waals surface area contributed by atoms with E-state index in [4.69, 9.17) is 21.8 Å². The summed E-state index contributed by atoms with van der Waals surface area (Å²) in [5, 5.41) is 0.232. The molecule has 1 aromatic heterocycles. The van der Waals surface area contributed by atoms with Crippen LogP contribution in [0.15, 0.2) is 32.1 Å². The Hall–Kier alpha value is -1.09. The molecule has 21 heavy (non-hydrogen) atoms. The van der Waals surface area contributed by atoms with Crippen molar-refractivity contribution in [3.8, 4) is 0 Å². The average molecular weight is 395 g/mol. The number of nitrogens with two attached hydrogens (primary N) is 1. The monoisotopic (exact) mass is 393 g/mol. The van der Waals surface area contributed by atoms with E-state index in [-0.39, 0.29) is 26.0 Å². The molecule has 1 unspecified atom stereocenters. The third kappa shape index (κ3) is 3.57. The number of hydrogen-bond donors (Lipinski definition) is 2. The van der Waals surface area contributed by atoms with E-state index in [1.54, 1.807) is 13.8 Å². The summed E-state index contributed by atoms with van der Waals surface area (Å²) < 4.78 is 32.9. The van der Waals surface area contributed by atoms with Gasteiger partial charge >= 0.3 is 0 Å². The second-order valence-electron chi connectivity index (χ2n) is 4.46. The van der Waals surface area contributed by atoms with Crippen molar-refractivity contribution in [3.63, 3.8) is 0 Å². The van der Waals surface area contributed by atoms with Crippen molar-refractivity contribution >= 4 is 43.2 Å². The van der Waals surface area contributed by atoms with Crippen LogP contribution >= 0.6 is 27.5 Å². The van der Waals surface area contributed by atoms with E-state index in [9.17, 15) is 8.42 Å². The number of anilines is 1. The molecule has 9 heteroatoms. The van der Waals surface area contributed by atoms with Crippen LogP contribution in [0, 0.1) is 6.92 Å². The first-order valence-corrected chi connectivity index (χ1v) is 8.55. The van der Waals surface area contributed by atoms with Gasteiger partial charge in [0.1, 0.15) is 5.76 Å². The first kappa shape index (κ1) is 16.3. The van der Waals surface area contributed by atoms with Crippen LogP contribution in [0.1, 0.15) is 24.6 Å². The molecule has 0 aliphatic heterocycles. The van der Waals surface area contributed by atoms with Gasteiger partial charge in [0.15, 0.2) is 0 Å². The normalized spacial score (nSPS) is 13.3. The molecule has 2 aromatic rings. The third-order valence-electron chi connectivity index (χ3n) is 2.66. The summed E-state index contributed by atoms with van der Waals surface area (Å²) >= 11 is 9.02. The van der Waals surface area contributed by atoms with Gasteiger partial charge < -0.3 is 10.2 Å². The predicted octanol–water partition coefficient (Wildman–Crippen LogP) is 3.02. The van der Waals surface area contributed by atoms with Crippen molar-refractivity contribution in [3.05, 3.63) is 39.5 Å². The molecule has 6 nitrogen and oxygen atoms in total. The van der Waals surface area contributed by atoms with E-state index >= 15 is 0 Å². The van der Waals surface area contributed by atoms with Gasteiger partial charge in [-0.3, -0.25) is 0 Å². The lowest BCUT2D eigenvalue weighted by Gasteiger charge is -2.13. The molecule has 0 aliphatic carbocycles. The van der Waals surface area contributed by atoms with Crippen LogP contribution in [0.4, 0.5) is 5.69 Å². The largest absolute Gasteiger partial charge is 0.444 e. The van der Waals surface area contributed by atoms with E-state index in [0.717, 1.165) is 0 Å². The lowest BCUT2D eigenvalue weighted by Crippen LogP contribution is -2.27. The number of halogens is 2. The van der Waals surface area contributed by atoms with Crippen molar-refractivity contribution in [1.29, 1.82) is 0 Å². The quantitative estimate of drug-likeness (QED) is 0.777. The zero-order valence-electron chi connectivity index (χ0n) is 11.2. The first-order chi connectivity index (χ1) is 9.70. The summed E-state index contributed by atoms with van der Waals surface area (Å²) in [4.78, 5) is 3.96. The van der Waals surface area contributed by atoms with Gasteiger partial charge in [-0.2, -0.15) is 4.72 Å². The van der Waals surface area contributed by atoms with Gasteiger partial charge in [0.25, 0.3) is 0 Å². The first-order valence-electron chi connectivity index (χ1n) is 5.90. The number of nitrogens with one attached hydrogen (secondary N) is 1. The fraction of sp³-hybridized carbons (Fsp3) is 0.250. The van der Waals surface area contributed by atoms with Gasteiger partial charge in [0, 0.05) is 10.7 Å². The summed E-state index contributed by atoms with van der Waals surface area (Å²) in [6, 6.07) is 2.15. The highest BCUT2D eigenvalue weighted by molar-refractivity contribution is 9.10. The Kier molecular flexibility index (Phi) is 4.62. The van der Waals surface area contributed by atoms with E-state index in [1.807, 2.05) is 0 Å². The minimum absolute atomic E-state index is 0.0392. The van der Waals surface area contributed by atoms with Crippen LogP contribution in [-0.2, 0) is 10.0 Å². The van der Waals surface area contributed by atoms with Gasteiger partial charge in [-0.15, -0.1) is 0 Å². The predicted molar refractivity (Wildman–Crippen MR) is 83.5 cm³/mol. The van der Waals surface area contributed by atoms with Crippen LogP contribution < -0.4 is 10.5 Å². The number of nitrogens with zero attached hydrogens (tertiary/aromatic N) is 1. The molecule has 2 rings (SSSR count). The van der Waals surface area contributed by atoms with Gasteiger partial charge in [0.05, 0.1) is 21.6 Å². The Morgan fingerprint density at radius 1 is 1.48 bits per heavy atom. The fourth-order valence-electron chi connectivity index (χ4n) is 1.70. The molecule has 1 atom stereocenters. The lowest BCUT2D eigenvalue weighted by atomic mass is 10.3. The molecular weight excluding hydrogens is 382 g/mol. The molecule has 0 amide bonds.